The number of hydrogen-bond donors (Lipinski definition) is 3. The Morgan fingerprint density at radius 3 is 2.43 bits per heavy atom. The van der Waals surface area contributed by atoms with E-state index in [1.807, 2.05) is 26.8 Å². The molecule has 3 aromatic carbocycles. The van der Waals surface area contributed by atoms with Gasteiger partial charge in [0.2, 0.25) is 5.91 Å². The van der Waals surface area contributed by atoms with E-state index < -0.39 is 28.8 Å². The molecule has 0 fully saturated rings. The first kappa shape index (κ1) is 39.4. The minimum atomic E-state index is -0.630. The van der Waals surface area contributed by atoms with Gasteiger partial charge in [0.1, 0.15) is 33.9 Å². The molecule has 0 saturated heterocycles. The van der Waals surface area contributed by atoms with Crippen molar-refractivity contribution < 1.29 is 33.4 Å². The van der Waals surface area contributed by atoms with Gasteiger partial charge in [-0.3, -0.25) is 14.4 Å². The molecule has 3 N–H and O–H groups in total. The molecule has 0 bridgehead atoms. The lowest BCUT2D eigenvalue weighted by Gasteiger charge is -2.29. The number of carbonyl (C=O) groups is 4. The summed E-state index contributed by atoms with van der Waals surface area (Å²) >= 11 is 2.56. The summed E-state index contributed by atoms with van der Waals surface area (Å²) in [5.41, 5.74) is 1.88. The van der Waals surface area contributed by atoms with Gasteiger partial charge in [0.25, 0.3) is 11.8 Å². The van der Waals surface area contributed by atoms with Crippen molar-refractivity contribution in [1.82, 2.24) is 10.2 Å². The zero-order valence-electron chi connectivity index (χ0n) is 30.8. The van der Waals surface area contributed by atoms with Crippen LogP contribution in [0.25, 0.3) is 6.08 Å². The van der Waals surface area contributed by atoms with Crippen LogP contribution in [0.5, 0.6) is 11.5 Å². The minimum absolute atomic E-state index is 0.0395. The number of thioether (sulfide) groups is 1. The second kappa shape index (κ2) is 17.4. The molecular weight excluding hydrogens is 727 g/mol. The molecule has 0 spiro atoms. The van der Waals surface area contributed by atoms with Crippen LogP contribution in [0.3, 0.4) is 0 Å². The highest BCUT2D eigenvalue weighted by Gasteiger charge is 2.30. The Morgan fingerprint density at radius 1 is 0.981 bits per heavy atom. The predicted molar refractivity (Wildman–Crippen MR) is 210 cm³/mol. The van der Waals surface area contributed by atoms with E-state index in [2.05, 4.69) is 22.0 Å². The molecule has 5 rings (SSSR count). The third kappa shape index (κ3) is 10.00. The maximum atomic E-state index is 13.8. The Kier molecular flexibility index (Phi) is 12.7. The molecule has 4 amide bonds. The molecule has 14 heteroatoms. The number of benzene rings is 3. The normalized spacial score (nSPS) is 13.1. The van der Waals surface area contributed by atoms with Crippen LogP contribution >= 0.6 is 23.1 Å². The number of methoxy groups -OCH3 is 2. The monoisotopic (exact) mass is 767 g/mol. The average molecular weight is 768 g/mol. The van der Waals surface area contributed by atoms with Gasteiger partial charge in [-0.2, -0.15) is 5.26 Å². The number of fused-ring (bicyclic) bond motifs is 1. The van der Waals surface area contributed by atoms with E-state index in [4.69, 9.17) is 14.2 Å². The summed E-state index contributed by atoms with van der Waals surface area (Å²) in [7, 11) is 3.03. The Labute approximate surface area is 322 Å². The van der Waals surface area contributed by atoms with E-state index in [0.717, 1.165) is 10.4 Å². The summed E-state index contributed by atoms with van der Waals surface area (Å²) in [5.74, 6) is -0.378. The van der Waals surface area contributed by atoms with Crippen LogP contribution in [-0.2, 0) is 27.3 Å². The maximum absolute atomic E-state index is 13.8. The van der Waals surface area contributed by atoms with Crippen LogP contribution in [0.1, 0.15) is 59.6 Å². The number of rotatable bonds is 11. The van der Waals surface area contributed by atoms with Gasteiger partial charge in [0.05, 0.1) is 31.6 Å². The zero-order chi connectivity index (χ0) is 39.0. The number of anilines is 2. The molecule has 1 aromatic heterocycles. The third-order valence-corrected chi connectivity index (χ3v) is 10.3. The molecule has 12 nitrogen and oxygen atoms in total. The molecule has 4 aromatic rings. The van der Waals surface area contributed by atoms with Crippen molar-refractivity contribution >= 4 is 63.7 Å². The van der Waals surface area contributed by atoms with Crippen molar-refractivity contribution in [3.05, 3.63) is 106 Å². The minimum Gasteiger partial charge on any atom is -0.497 e. The van der Waals surface area contributed by atoms with Gasteiger partial charge in [-0.15, -0.1) is 23.1 Å². The Hall–Kier alpha value is -5.78. The van der Waals surface area contributed by atoms with Gasteiger partial charge in [-0.25, -0.2) is 4.79 Å². The summed E-state index contributed by atoms with van der Waals surface area (Å²) in [6, 6.07) is 22.9. The fourth-order valence-electron chi connectivity index (χ4n) is 5.46. The topological polar surface area (TPSA) is 159 Å². The number of nitrogens with one attached hydrogen (secondary N) is 3. The first-order valence-corrected chi connectivity index (χ1v) is 18.7. The summed E-state index contributed by atoms with van der Waals surface area (Å²) in [6.45, 7) is 7.88. The number of ether oxygens (including phenoxy) is 3. The number of nitrogens with zero attached hydrogens (tertiary/aromatic N) is 2. The van der Waals surface area contributed by atoms with Crippen molar-refractivity contribution in [2.24, 2.45) is 0 Å². The van der Waals surface area contributed by atoms with E-state index >= 15 is 0 Å². The standard InChI is InChI=1S/C40H41N5O7S2/c1-24(35(46)44-38-31(22-41)30-17-18-45(23-34(30)54-38)39(49)52-40(2,3)4)53-29-14-10-13-27(21-29)42-37(48)32(43-36(47)25-11-8-7-9-12-25)20-26-19-28(50-5)15-16-33(26)51-6/h7-16,19-21,24H,17-18,23H2,1-6H3,(H,42,48)(H,43,47)(H,44,46)/b32-20+. The van der Waals surface area contributed by atoms with Crippen molar-refractivity contribution in [1.29, 1.82) is 5.26 Å². The fourth-order valence-corrected chi connectivity index (χ4v) is 7.60. The van der Waals surface area contributed by atoms with Crippen LogP contribution < -0.4 is 25.4 Å². The van der Waals surface area contributed by atoms with Gasteiger partial charge in [0, 0.05) is 33.1 Å². The van der Waals surface area contributed by atoms with E-state index in [9.17, 15) is 24.4 Å². The smallest absolute Gasteiger partial charge is 0.410 e. The van der Waals surface area contributed by atoms with Crippen LogP contribution in [0.15, 0.2) is 83.4 Å². The van der Waals surface area contributed by atoms with Gasteiger partial charge < -0.3 is 35.1 Å². The highest BCUT2D eigenvalue weighted by Crippen LogP contribution is 2.38. The number of hydrogen-bond acceptors (Lipinski definition) is 10. The molecule has 1 atom stereocenters. The molecule has 1 aliphatic heterocycles. The maximum Gasteiger partial charge on any atom is 0.410 e. The number of nitriles is 1. The molecular formula is C40H41N5O7S2. The number of amides is 4. The lowest BCUT2D eigenvalue weighted by atomic mass is 10.0. The molecule has 54 heavy (non-hydrogen) atoms. The van der Waals surface area contributed by atoms with Crippen molar-refractivity contribution in [2.45, 2.75) is 56.4 Å². The Morgan fingerprint density at radius 2 is 1.74 bits per heavy atom. The van der Waals surface area contributed by atoms with Gasteiger partial charge >= 0.3 is 6.09 Å². The highest BCUT2D eigenvalue weighted by molar-refractivity contribution is 8.00. The van der Waals surface area contributed by atoms with Crippen LogP contribution in [-0.4, -0.2) is 60.3 Å². The predicted octanol–water partition coefficient (Wildman–Crippen LogP) is 7.46. The molecule has 1 unspecified atom stereocenters. The Bertz CT molecular complexity index is 2120. The zero-order valence-corrected chi connectivity index (χ0v) is 32.4. The second-order valence-corrected chi connectivity index (χ2v) is 15.7. The second-order valence-electron chi connectivity index (χ2n) is 13.2. The van der Waals surface area contributed by atoms with Gasteiger partial charge in [-0.05, 0) is 94.3 Å². The van der Waals surface area contributed by atoms with Crippen LogP contribution in [0, 0.1) is 11.3 Å². The van der Waals surface area contributed by atoms with Gasteiger partial charge in [-0.1, -0.05) is 24.3 Å². The first-order valence-electron chi connectivity index (χ1n) is 17.0. The van der Waals surface area contributed by atoms with E-state index in [0.29, 0.717) is 63.3 Å². The summed E-state index contributed by atoms with van der Waals surface area (Å²) in [4.78, 5) is 56.1. The molecule has 2 heterocycles. The van der Waals surface area contributed by atoms with Gasteiger partial charge in [0.15, 0.2) is 0 Å². The molecule has 0 aliphatic carbocycles. The first-order chi connectivity index (χ1) is 25.8. The van der Waals surface area contributed by atoms with Crippen molar-refractivity contribution in [3.8, 4) is 17.6 Å². The average Bonchev–Trinajstić information content (AvgIpc) is 3.50. The molecule has 1 aliphatic rings. The quantitative estimate of drug-likeness (QED) is 0.104. The summed E-state index contributed by atoms with van der Waals surface area (Å²) in [6.07, 6.45) is 1.57. The molecule has 280 valence electrons. The lowest BCUT2D eigenvalue weighted by Crippen LogP contribution is -2.39. The van der Waals surface area contributed by atoms with Crippen LogP contribution in [0.4, 0.5) is 15.5 Å². The van der Waals surface area contributed by atoms with E-state index in [1.54, 1.807) is 78.6 Å². The molecule has 0 saturated carbocycles. The molecule has 0 radical (unpaired) electrons. The van der Waals surface area contributed by atoms with Crippen molar-refractivity contribution in [2.75, 3.05) is 31.4 Å². The summed E-state index contributed by atoms with van der Waals surface area (Å²) < 4.78 is 16.4. The number of thiophene rings is 1. The Balaban J connectivity index is 1.29. The number of carbonyl (C=O) groups excluding carboxylic acids is 4. The SMILES string of the molecule is COc1ccc(OC)c(/C=C(/NC(=O)c2ccccc2)C(=O)Nc2cccc(SC(C)C(=O)Nc3sc4c(c3C#N)CCN(C(=O)OC(C)(C)C)C4)c2)c1. The lowest BCUT2D eigenvalue weighted by molar-refractivity contribution is -0.115. The van der Waals surface area contributed by atoms with Crippen molar-refractivity contribution in [3.63, 3.8) is 0 Å². The highest BCUT2D eigenvalue weighted by atomic mass is 32.2. The third-order valence-electron chi connectivity index (χ3n) is 8.10. The summed E-state index contributed by atoms with van der Waals surface area (Å²) in [5, 5.41) is 18.3. The van der Waals surface area contributed by atoms with Crippen LogP contribution in [0.2, 0.25) is 0 Å². The van der Waals surface area contributed by atoms with E-state index in [1.165, 1.54) is 43.4 Å². The largest absolute Gasteiger partial charge is 0.497 e. The van der Waals surface area contributed by atoms with E-state index in [-0.39, 0.29) is 11.6 Å². The fraction of sp³-hybridized carbons (Fsp3) is 0.275.